The number of halogens is 2. The molecule has 0 bridgehead atoms. The molecule has 2 N–H and O–H groups in total. The van der Waals surface area contributed by atoms with Crippen LogP contribution >= 0.6 is 0 Å². The highest BCUT2D eigenvalue weighted by Crippen LogP contribution is 2.15. The molecule has 0 amide bonds. The minimum absolute atomic E-state index is 0.213. The van der Waals surface area contributed by atoms with Crippen LogP contribution in [-0.2, 0) is 6.54 Å². The average Bonchev–Trinajstić information content (AvgIpc) is 2.50. The van der Waals surface area contributed by atoms with E-state index in [9.17, 15) is 13.9 Å². The molecule has 0 radical (unpaired) electrons. The van der Waals surface area contributed by atoms with Crippen LogP contribution in [0.2, 0.25) is 0 Å². The van der Waals surface area contributed by atoms with Crippen molar-refractivity contribution in [3.05, 3.63) is 70.8 Å². The van der Waals surface area contributed by atoms with Crippen LogP contribution in [0.4, 0.5) is 8.78 Å². The summed E-state index contributed by atoms with van der Waals surface area (Å²) >= 11 is 0. The van der Waals surface area contributed by atoms with E-state index in [2.05, 4.69) is 5.32 Å². The van der Waals surface area contributed by atoms with Crippen LogP contribution in [0.1, 0.15) is 22.8 Å². The number of aliphatic hydroxyl groups is 1. The lowest BCUT2D eigenvalue weighted by atomic mass is 10.1. The van der Waals surface area contributed by atoms with E-state index in [0.717, 1.165) is 17.7 Å². The molecule has 2 rings (SSSR count). The lowest BCUT2D eigenvalue weighted by Gasteiger charge is -2.12. The van der Waals surface area contributed by atoms with E-state index in [0.29, 0.717) is 17.7 Å². The predicted octanol–water partition coefficient (Wildman–Crippen LogP) is 2.66. The predicted molar refractivity (Wildman–Crippen MR) is 74.2 cm³/mol. The Kier molecular flexibility index (Phi) is 4.99. The number of aliphatic hydroxyl groups excluding tert-OH is 1. The molecule has 0 aliphatic heterocycles. The monoisotopic (exact) mass is 288 g/mol. The molecule has 0 aliphatic rings. The summed E-state index contributed by atoms with van der Waals surface area (Å²) in [5.41, 5.74) is 1.87. The number of hydrogen-bond acceptors (Lipinski definition) is 3. The fraction of sp³-hybridized carbons (Fsp3) is 0.188. The first kappa shape index (κ1) is 15.1. The van der Waals surface area contributed by atoms with Crippen molar-refractivity contribution in [2.45, 2.75) is 12.6 Å². The van der Waals surface area contributed by atoms with Crippen molar-refractivity contribution in [2.75, 3.05) is 6.54 Å². The number of hydrogen-bond donors (Lipinski definition) is 2. The van der Waals surface area contributed by atoms with Crippen molar-refractivity contribution in [2.24, 2.45) is 0 Å². The maximum Gasteiger partial charge on any atom is 0.159 e. The van der Waals surface area contributed by atoms with Crippen LogP contribution < -0.4 is 5.32 Å². The van der Waals surface area contributed by atoms with Gasteiger partial charge in [-0.25, -0.2) is 8.78 Å². The summed E-state index contributed by atoms with van der Waals surface area (Å²) in [7, 11) is 0. The van der Waals surface area contributed by atoms with Crippen molar-refractivity contribution in [3.8, 4) is 6.07 Å². The fourth-order valence-corrected chi connectivity index (χ4v) is 1.89. The average molecular weight is 288 g/mol. The van der Waals surface area contributed by atoms with Gasteiger partial charge in [0.15, 0.2) is 11.6 Å². The van der Waals surface area contributed by atoms with Gasteiger partial charge in [0.1, 0.15) is 0 Å². The molecular formula is C16H14F2N2O. The molecule has 0 saturated carbocycles. The van der Waals surface area contributed by atoms with Gasteiger partial charge in [-0.15, -0.1) is 0 Å². The Morgan fingerprint density at radius 2 is 1.81 bits per heavy atom. The quantitative estimate of drug-likeness (QED) is 0.889. The van der Waals surface area contributed by atoms with Crippen LogP contribution in [0, 0.1) is 23.0 Å². The zero-order chi connectivity index (χ0) is 15.2. The second kappa shape index (κ2) is 6.93. The second-order valence-electron chi connectivity index (χ2n) is 4.63. The summed E-state index contributed by atoms with van der Waals surface area (Å²) in [4.78, 5) is 0. The van der Waals surface area contributed by atoms with Crippen molar-refractivity contribution in [3.63, 3.8) is 0 Å². The van der Waals surface area contributed by atoms with Gasteiger partial charge < -0.3 is 10.4 Å². The molecule has 108 valence electrons. The normalized spacial score (nSPS) is 11.9. The number of nitrogens with zero attached hydrogens (tertiary/aromatic N) is 1. The standard InChI is InChI=1S/C16H14F2N2O/c17-14-6-5-13(7-15(14)18)16(21)10-20-9-12-3-1-11(8-19)2-4-12/h1-7,16,20-21H,9-10H2/t16-/m1/s1. The highest BCUT2D eigenvalue weighted by Gasteiger charge is 2.10. The van der Waals surface area contributed by atoms with Crippen LogP contribution in [0.3, 0.4) is 0 Å². The summed E-state index contributed by atoms with van der Waals surface area (Å²) in [6.45, 7) is 0.720. The minimum Gasteiger partial charge on any atom is -0.387 e. The highest BCUT2D eigenvalue weighted by atomic mass is 19.2. The van der Waals surface area contributed by atoms with Gasteiger partial charge >= 0.3 is 0 Å². The largest absolute Gasteiger partial charge is 0.387 e. The first-order valence-electron chi connectivity index (χ1n) is 6.43. The third kappa shape index (κ3) is 4.09. The molecule has 0 fully saturated rings. The summed E-state index contributed by atoms with van der Waals surface area (Å²) < 4.78 is 25.9. The molecule has 21 heavy (non-hydrogen) atoms. The molecule has 2 aromatic rings. The Labute approximate surface area is 121 Å². The maximum atomic E-state index is 13.1. The van der Waals surface area contributed by atoms with E-state index in [1.54, 1.807) is 12.1 Å². The second-order valence-corrected chi connectivity index (χ2v) is 4.63. The number of nitriles is 1. The first-order chi connectivity index (χ1) is 10.1. The number of rotatable bonds is 5. The van der Waals surface area contributed by atoms with Crippen molar-refractivity contribution < 1.29 is 13.9 Å². The van der Waals surface area contributed by atoms with Gasteiger partial charge in [0.05, 0.1) is 17.7 Å². The van der Waals surface area contributed by atoms with E-state index >= 15 is 0 Å². The molecule has 0 spiro atoms. The molecule has 1 atom stereocenters. The molecule has 0 unspecified atom stereocenters. The molecule has 2 aromatic carbocycles. The van der Waals surface area contributed by atoms with E-state index < -0.39 is 17.7 Å². The topological polar surface area (TPSA) is 56.0 Å². The molecular weight excluding hydrogens is 274 g/mol. The maximum absolute atomic E-state index is 13.1. The van der Waals surface area contributed by atoms with Gasteiger partial charge in [-0.1, -0.05) is 18.2 Å². The molecule has 0 aliphatic carbocycles. The van der Waals surface area contributed by atoms with Gasteiger partial charge in [0.2, 0.25) is 0 Å². The van der Waals surface area contributed by atoms with E-state index in [1.165, 1.54) is 6.07 Å². The summed E-state index contributed by atoms with van der Waals surface area (Å²) in [6.07, 6.45) is -0.918. The summed E-state index contributed by atoms with van der Waals surface area (Å²) in [5.74, 6) is -1.91. The van der Waals surface area contributed by atoms with Crippen LogP contribution in [0.25, 0.3) is 0 Å². The lowest BCUT2D eigenvalue weighted by molar-refractivity contribution is 0.173. The first-order valence-corrected chi connectivity index (χ1v) is 6.43. The molecule has 0 heterocycles. The zero-order valence-electron chi connectivity index (χ0n) is 11.2. The van der Waals surface area contributed by atoms with Crippen LogP contribution in [0.5, 0.6) is 0 Å². The number of nitrogens with one attached hydrogen (secondary N) is 1. The highest BCUT2D eigenvalue weighted by molar-refractivity contribution is 5.31. The Balaban J connectivity index is 1.87. The summed E-state index contributed by atoms with van der Waals surface area (Å²) in [5, 5.41) is 21.6. The van der Waals surface area contributed by atoms with Gasteiger partial charge in [0, 0.05) is 13.1 Å². The van der Waals surface area contributed by atoms with Crippen molar-refractivity contribution in [1.29, 1.82) is 5.26 Å². The van der Waals surface area contributed by atoms with Crippen LogP contribution in [-0.4, -0.2) is 11.7 Å². The van der Waals surface area contributed by atoms with Gasteiger partial charge in [0.25, 0.3) is 0 Å². The van der Waals surface area contributed by atoms with Crippen LogP contribution in [0.15, 0.2) is 42.5 Å². The smallest absolute Gasteiger partial charge is 0.159 e. The third-order valence-corrected chi connectivity index (χ3v) is 3.08. The van der Waals surface area contributed by atoms with E-state index in [-0.39, 0.29) is 6.54 Å². The molecule has 5 heteroatoms. The SMILES string of the molecule is N#Cc1ccc(CNC[C@@H](O)c2ccc(F)c(F)c2)cc1. The number of benzene rings is 2. The van der Waals surface area contributed by atoms with Gasteiger partial charge in [-0.05, 0) is 35.4 Å². The Bertz CT molecular complexity index is 650. The lowest BCUT2D eigenvalue weighted by Crippen LogP contribution is -2.21. The molecule has 0 saturated heterocycles. The Hall–Kier alpha value is -2.29. The molecule has 0 aromatic heterocycles. The molecule has 3 nitrogen and oxygen atoms in total. The minimum atomic E-state index is -0.973. The van der Waals surface area contributed by atoms with Gasteiger partial charge in [-0.3, -0.25) is 0 Å². The fourth-order valence-electron chi connectivity index (χ4n) is 1.89. The third-order valence-electron chi connectivity index (χ3n) is 3.08. The van der Waals surface area contributed by atoms with Crippen molar-refractivity contribution in [1.82, 2.24) is 5.32 Å². The Morgan fingerprint density at radius 3 is 2.43 bits per heavy atom. The van der Waals surface area contributed by atoms with Gasteiger partial charge in [-0.2, -0.15) is 5.26 Å². The zero-order valence-corrected chi connectivity index (χ0v) is 11.2. The van der Waals surface area contributed by atoms with E-state index in [1.807, 2.05) is 18.2 Å². The van der Waals surface area contributed by atoms with Crippen molar-refractivity contribution >= 4 is 0 Å². The Morgan fingerprint density at radius 1 is 1.10 bits per heavy atom. The summed E-state index contributed by atoms with van der Waals surface area (Å²) in [6, 6.07) is 12.4. The van der Waals surface area contributed by atoms with E-state index in [4.69, 9.17) is 5.26 Å².